The van der Waals surface area contributed by atoms with Crippen LogP contribution in [0, 0.1) is 0 Å². The smallest absolute Gasteiger partial charge is 0.145 e. The van der Waals surface area contributed by atoms with E-state index in [2.05, 4.69) is 50.0 Å². The molecule has 16 heavy (non-hydrogen) atoms. The van der Waals surface area contributed by atoms with Crippen LogP contribution in [0.2, 0.25) is 0 Å². The Bertz CT molecular complexity index is 421. The van der Waals surface area contributed by atoms with E-state index in [1.54, 1.807) is 12.4 Å². The first-order valence-electron chi connectivity index (χ1n) is 5.53. The minimum Gasteiger partial charge on any atom is -0.486 e. The van der Waals surface area contributed by atoms with Crippen molar-refractivity contribution in [1.82, 2.24) is 0 Å². The lowest BCUT2D eigenvalue weighted by molar-refractivity contribution is 0.332. The number of ether oxygens (including phenoxy) is 1. The predicted octanol–water partition coefficient (Wildman–Crippen LogP) is 3.38. The van der Waals surface area contributed by atoms with Crippen molar-refractivity contribution in [2.75, 3.05) is 6.61 Å². The summed E-state index contributed by atoms with van der Waals surface area (Å²) < 4.78 is 5.50. The van der Waals surface area contributed by atoms with Crippen molar-refractivity contribution in [2.45, 2.75) is 26.2 Å². The van der Waals surface area contributed by atoms with E-state index in [1.807, 2.05) is 0 Å². The average Bonchev–Trinajstić information content (AvgIpc) is 2.29. The first kappa shape index (κ1) is 10.9. The fourth-order valence-electron chi connectivity index (χ4n) is 1.62. The monoisotopic (exact) mass is 215 g/mol. The standard InChI is InChI=1S/C14H17NO/c1-14(2,3)12-6-4-11(5-7-12)13-10-15-8-9-16-13/h4-8,10H,9H2,1-3H3. The van der Waals surface area contributed by atoms with E-state index in [0.717, 1.165) is 11.3 Å². The van der Waals surface area contributed by atoms with Gasteiger partial charge in [0.15, 0.2) is 0 Å². The minimum absolute atomic E-state index is 0.193. The molecule has 2 rings (SSSR count). The van der Waals surface area contributed by atoms with Gasteiger partial charge in [0.2, 0.25) is 0 Å². The van der Waals surface area contributed by atoms with E-state index in [-0.39, 0.29) is 5.41 Å². The third kappa shape index (κ3) is 2.32. The number of nitrogens with zero attached hydrogens (tertiary/aromatic N) is 1. The van der Waals surface area contributed by atoms with Gasteiger partial charge in [0.1, 0.15) is 12.4 Å². The van der Waals surface area contributed by atoms with Gasteiger partial charge < -0.3 is 4.74 Å². The molecule has 0 saturated heterocycles. The molecule has 2 nitrogen and oxygen atoms in total. The number of rotatable bonds is 1. The van der Waals surface area contributed by atoms with E-state index in [9.17, 15) is 0 Å². The van der Waals surface area contributed by atoms with Gasteiger partial charge in [0, 0.05) is 11.8 Å². The Morgan fingerprint density at radius 2 is 1.81 bits per heavy atom. The molecular formula is C14H17NO. The largest absolute Gasteiger partial charge is 0.486 e. The molecule has 0 aliphatic carbocycles. The molecule has 0 fully saturated rings. The van der Waals surface area contributed by atoms with Gasteiger partial charge in [0.05, 0.1) is 6.20 Å². The zero-order chi connectivity index (χ0) is 11.6. The lowest BCUT2D eigenvalue weighted by Gasteiger charge is -2.19. The van der Waals surface area contributed by atoms with Crippen molar-refractivity contribution in [2.24, 2.45) is 4.99 Å². The van der Waals surface area contributed by atoms with Crippen molar-refractivity contribution in [3.63, 3.8) is 0 Å². The van der Waals surface area contributed by atoms with Crippen molar-refractivity contribution in [1.29, 1.82) is 0 Å². The Balaban J connectivity index is 2.26. The number of benzene rings is 1. The van der Waals surface area contributed by atoms with E-state index >= 15 is 0 Å². The Morgan fingerprint density at radius 1 is 1.12 bits per heavy atom. The molecule has 0 bridgehead atoms. The summed E-state index contributed by atoms with van der Waals surface area (Å²) in [5, 5.41) is 0. The normalized spacial score (nSPS) is 15.6. The molecule has 84 valence electrons. The van der Waals surface area contributed by atoms with E-state index in [0.29, 0.717) is 6.61 Å². The van der Waals surface area contributed by atoms with E-state index in [1.165, 1.54) is 5.56 Å². The highest BCUT2D eigenvalue weighted by molar-refractivity contribution is 5.69. The highest BCUT2D eigenvalue weighted by Crippen LogP contribution is 2.25. The third-order valence-electron chi connectivity index (χ3n) is 2.65. The highest BCUT2D eigenvalue weighted by atomic mass is 16.5. The molecule has 0 radical (unpaired) electrons. The number of hydrogen-bond acceptors (Lipinski definition) is 2. The van der Waals surface area contributed by atoms with Gasteiger partial charge >= 0.3 is 0 Å². The van der Waals surface area contributed by atoms with Crippen molar-refractivity contribution >= 4 is 12.0 Å². The fourth-order valence-corrected chi connectivity index (χ4v) is 1.62. The van der Waals surface area contributed by atoms with Crippen LogP contribution in [0.4, 0.5) is 0 Å². The molecule has 2 heteroatoms. The molecule has 1 aliphatic rings. The topological polar surface area (TPSA) is 21.6 Å². The van der Waals surface area contributed by atoms with Crippen LogP contribution in [0.5, 0.6) is 0 Å². The third-order valence-corrected chi connectivity index (χ3v) is 2.65. The van der Waals surface area contributed by atoms with Crippen LogP contribution in [-0.2, 0) is 10.2 Å². The van der Waals surface area contributed by atoms with Crippen LogP contribution in [-0.4, -0.2) is 12.8 Å². The quantitative estimate of drug-likeness (QED) is 0.703. The van der Waals surface area contributed by atoms with Crippen LogP contribution < -0.4 is 0 Å². The van der Waals surface area contributed by atoms with Crippen LogP contribution in [0.15, 0.2) is 35.5 Å². The summed E-state index contributed by atoms with van der Waals surface area (Å²) in [5.41, 5.74) is 2.61. The van der Waals surface area contributed by atoms with Crippen molar-refractivity contribution in [3.8, 4) is 0 Å². The molecule has 1 aromatic rings. The summed E-state index contributed by atoms with van der Waals surface area (Å²) in [6.07, 6.45) is 3.52. The predicted molar refractivity (Wildman–Crippen MR) is 67.6 cm³/mol. The first-order valence-corrected chi connectivity index (χ1v) is 5.53. The minimum atomic E-state index is 0.193. The van der Waals surface area contributed by atoms with Gasteiger partial charge in [-0.3, -0.25) is 4.99 Å². The van der Waals surface area contributed by atoms with Gasteiger partial charge in [-0.15, -0.1) is 0 Å². The number of hydrogen-bond donors (Lipinski definition) is 0. The Labute approximate surface area is 96.7 Å². The molecular weight excluding hydrogens is 198 g/mol. The van der Waals surface area contributed by atoms with Crippen LogP contribution in [0.3, 0.4) is 0 Å². The van der Waals surface area contributed by atoms with Crippen molar-refractivity contribution < 1.29 is 4.74 Å². The van der Waals surface area contributed by atoms with Crippen LogP contribution >= 0.6 is 0 Å². The Kier molecular flexibility index (Phi) is 2.82. The Hall–Kier alpha value is -1.57. The maximum Gasteiger partial charge on any atom is 0.145 e. The lowest BCUT2D eigenvalue weighted by atomic mass is 9.86. The second kappa shape index (κ2) is 4.12. The zero-order valence-corrected chi connectivity index (χ0v) is 10.0. The molecule has 0 aromatic heterocycles. The van der Waals surface area contributed by atoms with Crippen molar-refractivity contribution in [3.05, 3.63) is 41.6 Å². The van der Waals surface area contributed by atoms with Gasteiger partial charge in [-0.2, -0.15) is 0 Å². The second-order valence-corrected chi connectivity index (χ2v) is 4.96. The summed E-state index contributed by atoms with van der Waals surface area (Å²) >= 11 is 0. The molecule has 0 atom stereocenters. The van der Waals surface area contributed by atoms with Crippen LogP contribution in [0.1, 0.15) is 31.9 Å². The van der Waals surface area contributed by atoms with Gasteiger partial charge in [-0.05, 0) is 11.0 Å². The molecule has 0 amide bonds. The van der Waals surface area contributed by atoms with Crippen LogP contribution in [0.25, 0.3) is 5.76 Å². The number of aliphatic imine (C=N–C) groups is 1. The molecule has 0 N–H and O–H groups in total. The fraction of sp³-hybridized carbons (Fsp3) is 0.357. The molecule has 0 saturated carbocycles. The first-order chi connectivity index (χ1) is 7.57. The maximum absolute atomic E-state index is 5.50. The SMILES string of the molecule is CC(C)(C)c1ccc(C2=CN=CCO2)cc1. The van der Waals surface area contributed by atoms with Gasteiger partial charge in [-0.1, -0.05) is 45.0 Å². The summed E-state index contributed by atoms with van der Waals surface area (Å²) in [6.45, 7) is 7.20. The van der Waals surface area contributed by atoms with E-state index < -0.39 is 0 Å². The summed E-state index contributed by atoms with van der Waals surface area (Å²) in [6, 6.07) is 8.48. The van der Waals surface area contributed by atoms with E-state index in [4.69, 9.17) is 4.74 Å². The van der Waals surface area contributed by atoms with Gasteiger partial charge in [-0.25, -0.2) is 0 Å². The lowest BCUT2D eigenvalue weighted by Crippen LogP contribution is -2.10. The summed E-state index contributed by atoms with van der Waals surface area (Å²) in [5.74, 6) is 0.850. The Morgan fingerprint density at radius 3 is 2.31 bits per heavy atom. The second-order valence-electron chi connectivity index (χ2n) is 4.96. The highest BCUT2D eigenvalue weighted by Gasteiger charge is 2.13. The van der Waals surface area contributed by atoms with Gasteiger partial charge in [0.25, 0.3) is 0 Å². The maximum atomic E-state index is 5.50. The zero-order valence-electron chi connectivity index (χ0n) is 10.0. The molecule has 1 aliphatic heterocycles. The summed E-state index contributed by atoms with van der Waals surface area (Å²) in [7, 11) is 0. The molecule has 0 unspecified atom stereocenters. The molecule has 1 heterocycles. The molecule has 1 aromatic carbocycles. The average molecular weight is 215 g/mol. The molecule has 0 spiro atoms. The summed E-state index contributed by atoms with van der Waals surface area (Å²) in [4.78, 5) is 4.09.